The number of carbonyl (C=O) groups excluding carboxylic acids is 1. The molecule has 1 amide bonds. The standard InChI is InChI=1S/C16H14N2O2/c17-10-12-5-4-8-14(9-12)16(20)18-11-15(19)13-6-2-1-3-7-13/h1-9,15,19H,11H2,(H,18,20)/t15-/m0/s1. The van der Waals surface area contributed by atoms with Crippen molar-refractivity contribution >= 4 is 5.91 Å². The van der Waals surface area contributed by atoms with Gasteiger partial charge in [-0.05, 0) is 23.8 Å². The largest absolute Gasteiger partial charge is 0.387 e. The Morgan fingerprint density at radius 1 is 1.20 bits per heavy atom. The van der Waals surface area contributed by atoms with Gasteiger partial charge in [0.05, 0.1) is 17.7 Å². The fraction of sp³-hybridized carbons (Fsp3) is 0.125. The number of hydrogen-bond donors (Lipinski definition) is 2. The predicted octanol–water partition coefficient (Wildman–Crippen LogP) is 2.02. The minimum Gasteiger partial charge on any atom is -0.387 e. The van der Waals surface area contributed by atoms with Crippen LogP contribution in [-0.2, 0) is 0 Å². The van der Waals surface area contributed by atoms with Crippen LogP contribution in [-0.4, -0.2) is 17.6 Å². The molecule has 0 radical (unpaired) electrons. The molecule has 1 atom stereocenters. The monoisotopic (exact) mass is 266 g/mol. The summed E-state index contributed by atoms with van der Waals surface area (Å²) in [6, 6.07) is 17.5. The third kappa shape index (κ3) is 3.44. The van der Waals surface area contributed by atoms with Crippen molar-refractivity contribution in [3.8, 4) is 6.07 Å². The molecule has 0 aliphatic carbocycles. The Kier molecular flexibility index (Phi) is 4.48. The Morgan fingerprint density at radius 2 is 1.95 bits per heavy atom. The summed E-state index contributed by atoms with van der Waals surface area (Å²) in [6.45, 7) is 0.125. The molecule has 0 saturated carbocycles. The van der Waals surface area contributed by atoms with Crippen molar-refractivity contribution < 1.29 is 9.90 Å². The SMILES string of the molecule is N#Cc1cccc(C(=O)NC[C@H](O)c2ccccc2)c1. The van der Waals surface area contributed by atoms with Crippen LogP contribution >= 0.6 is 0 Å². The van der Waals surface area contributed by atoms with E-state index >= 15 is 0 Å². The van der Waals surface area contributed by atoms with Crippen molar-refractivity contribution in [2.45, 2.75) is 6.10 Å². The van der Waals surface area contributed by atoms with E-state index in [1.807, 2.05) is 24.3 Å². The van der Waals surface area contributed by atoms with Crippen molar-refractivity contribution in [2.75, 3.05) is 6.54 Å². The molecular formula is C16H14N2O2. The molecule has 4 nitrogen and oxygen atoms in total. The molecule has 0 aromatic heterocycles. The van der Waals surface area contributed by atoms with E-state index in [1.54, 1.807) is 30.3 Å². The van der Waals surface area contributed by atoms with E-state index in [4.69, 9.17) is 5.26 Å². The number of rotatable bonds is 4. The highest BCUT2D eigenvalue weighted by atomic mass is 16.3. The van der Waals surface area contributed by atoms with E-state index in [0.717, 1.165) is 5.56 Å². The third-order valence-corrected chi connectivity index (χ3v) is 2.89. The molecule has 0 spiro atoms. The molecule has 2 aromatic rings. The van der Waals surface area contributed by atoms with Crippen LogP contribution < -0.4 is 5.32 Å². The Balaban J connectivity index is 1.97. The predicted molar refractivity (Wildman–Crippen MR) is 74.9 cm³/mol. The van der Waals surface area contributed by atoms with E-state index in [9.17, 15) is 9.90 Å². The van der Waals surface area contributed by atoms with E-state index < -0.39 is 6.10 Å². The fourth-order valence-electron chi connectivity index (χ4n) is 1.81. The van der Waals surface area contributed by atoms with Crippen LogP contribution in [0.5, 0.6) is 0 Å². The number of nitriles is 1. The van der Waals surface area contributed by atoms with Crippen LogP contribution in [0.15, 0.2) is 54.6 Å². The zero-order chi connectivity index (χ0) is 14.4. The smallest absolute Gasteiger partial charge is 0.251 e. The summed E-state index contributed by atoms with van der Waals surface area (Å²) < 4.78 is 0. The van der Waals surface area contributed by atoms with Gasteiger partial charge in [0.15, 0.2) is 0 Å². The van der Waals surface area contributed by atoms with Gasteiger partial charge in [-0.25, -0.2) is 0 Å². The van der Waals surface area contributed by atoms with E-state index in [2.05, 4.69) is 5.32 Å². The summed E-state index contributed by atoms with van der Waals surface area (Å²) in [7, 11) is 0. The minimum atomic E-state index is -0.751. The quantitative estimate of drug-likeness (QED) is 0.889. The Morgan fingerprint density at radius 3 is 2.65 bits per heavy atom. The first kappa shape index (κ1) is 13.8. The molecule has 20 heavy (non-hydrogen) atoms. The maximum absolute atomic E-state index is 11.9. The summed E-state index contributed by atoms with van der Waals surface area (Å²) in [5, 5.41) is 21.4. The van der Waals surface area contributed by atoms with Gasteiger partial charge in [0.25, 0.3) is 5.91 Å². The topological polar surface area (TPSA) is 73.1 Å². The first-order chi connectivity index (χ1) is 9.70. The number of carbonyl (C=O) groups is 1. The van der Waals surface area contributed by atoms with E-state index in [1.165, 1.54) is 6.07 Å². The normalized spacial score (nSPS) is 11.4. The fourth-order valence-corrected chi connectivity index (χ4v) is 1.81. The minimum absolute atomic E-state index is 0.125. The average molecular weight is 266 g/mol. The summed E-state index contributed by atoms with van der Waals surface area (Å²) in [6.07, 6.45) is -0.751. The Bertz CT molecular complexity index is 632. The first-order valence-electron chi connectivity index (χ1n) is 6.22. The molecule has 0 fully saturated rings. The van der Waals surface area contributed by atoms with Gasteiger partial charge in [-0.3, -0.25) is 4.79 Å². The van der Waals surface area contributed by atoms with Crippen molar-refractivity contribution in [3.63, 3.8) is 0 Å². The number of amides is 1. The lowest BCUT2D eigenvalue weighted by atomic mass is 10.1. The summed E-state index contributed by atoms with van der Waals surface area (Å²) in [5.74, 6) is -0.308. The molecule has 0 unspecified atom stereocenters. The molecule has 0 saturated heterocycles. The maximum atomic E-state index is 11.9. The third-order valence-electron chi connectivity index (χ3n) is 2.89. The second kappa shape index (κ2) is 6.50. The van der Waals surface area contributed by atoms with Crippen molar-refractivity contribution in [3.05, 3.63) is 71.3 Å². The van der Waals surface area contributed by atoms with Crippen LogP contribution in [0.25, 0.3) is 0 Å². The van der Waals surface area contributed by atoms with Crippen molar-refractivity contribution in [1.82, 2.24) is 5.32 Å². The zero-order valence-corrected chi connectivity index (χ0v) is 10.8. The second-order valence-electron chi connectivity index (χ2n) is 4.33. The van der Waals surface area contributed by atoms with Gasteiger partial charge < -0.3 is 10.4 Å². The highest BCUT2D eigenvalue weighted by Gasteiger charge is 2.10. The molecule has 2 N–H and O–H groups in total. The molecule has 100 valence electrons. The van der Waals surface area contributed by atoms with Gasteiger partial charge >= 0.3 is 0 Å². The Hall–Kier alpha value is -2.64. The molecule has 2 aromatic carbocycles. The summed E-state index contributed by atoms with van der Waals surface area (Å²) >= 11 is 0. The van der Waals surface area contributed by atoms with Gasteiger partial charge in [0.2, 0.25) is 0 Å². The van der Waals surface area contributed by atoms with Gasteiger partial charge in [0, 0.05) is 12.1 Å². The Labute approximate surface area is 117 Å². The summed E-state index contributed by atoms with van der Waals surface area (Å²) in [5.41, 5.74) is 1.59. The van der Waals surface area contributed by atoms with Gasteiger partial charge in [-0.2, -0.15) is 5.26 Å². The van der Waals surface area contributed by atoms with Crippen LogP contribution in [0.4, 0.5) is 0 Å². The number of nitrogens with zero attached hydrogens (tertiary/aromatic N) is 1. The molecule has 2 rings (SSSR count). The van der Waals surface area contributed by atoms with Crippen LogP contribution in [0.2, 0.25) is 0 Å². The van der Waals surface area contributed by atoms with Crippen LogP contribution in [0.1, 0.15) is 27.6 Å². The molecule has 0 bridgehead atoms. The van der Waals surface area contributed by atoms with Crippen LogP contribution in [0, 0.1) is 11.3 Å². The molecule has 0 aliphatic rings. The highest BCUT2D eigenvalue weighted by molar-refractivity contribution is 5.94. The average Bonchev–Trinajstić information content (AvgIpc) is 2.53. The second-order valence-corrected chi connectivity index (χ2v) is 4.33. The lowest BCUT2D eigenvalue weighted by Gasteiger charge is -2.12. The van der Waals surface area contributed by atoms with Gasteiger partial charge in [-0.15, -0.1) is 0 Å². The van der Waals surface area contributed by atoms with Gasteiger partial charge in [0.1, 0.15) is 0 Å². The highest BCUT2D eigenvalue weighted by Crippen LogP contribution is 2.11. The van der Waals surface area contributed by atoms with Crippen LogP contribution in [0.3, 0.4) is 0 Å². The summed E-state index contributed by atoms with van der Waals surface area (Å²) in [4.78, 5) is 11.9. The van der Waals surface area contributed by atoms with Crippen molar-refractivity contribution in [2.24, 2.45) is 0 Å². The molecule has 0 heterocycles. The zero-order valence-electron chi connectivity index (χ0n) is 10.8. The lowest BCUT2D eigenvalue weighted by molar-refractivity contribution is 0.0916. The maximum Gasteiger partial charge on any atom is 0.251 e. The number of aliphatic hydroxyl groups is 1. The molecule has 4 heteroatoms. The van der Waals surface area contributed by atoms with E-state index in [-0.39, 0.29) is 12.5 Å². The number of hydrogen-bond acceptors (Lipinski definition) is 3. The number of aliphatic hydroxyl groups excluding tert-OH is 1. The first-order valence-corrected chi connectivity index (χ1v) is 6.22. The molecular weight excluding hydrogens is 252 g/mol. The van der Waals surface area contributed by atoms with Crippen molar-refractivity contribution in [1.29, 1.82) is 5.26 Å². The van der Waals surface area contributed by atoms with E-state index in [0.29, 0.717) is 11.1 Å². The number of nitrogens with one attached hydrogen (secondary N) is 1. The molecule has 0 aliphatic heterocycles. The van der Waals surface area contributed by atoms with Gasteiger partial charge in [-0.1, -0.05) is 36.4 Å². The number of benzene rings is 2. The lowest BCUT2D eigenvalue weighted by Crippen LogP contribution is -2.28.